The average Bonchev–Trinajstić information content (AvgIpc) is 2.25. The number of rotatable bonds is 3. The quantitative estimate of drug-likeness (QED) is 0.370. The minimum Gasteiger partial charge on any atom is -0.406 e. The highest BCUT2D eigenvalue weighted by Crippen LogP contribution is 2.22. The highest BCUT2D eigenvalue weighted by atomic mass is 19.4. The van der Waals surface area contributed by atoms with Gasteiger partial charge in [0.15, 0.2) is 0 Å². The van der Waals surface area contributed by atoms with Gasteiger partial charge in [-0.05, 0) is 31.2 Å². The smallest absolute Gasteiger partial charge is 0.406 e. The largest absolute Gasteiger partial charge is 0.573 e. The maximum atomic E-state index is 11.9. The second-order valence-electron chi connectivity index (χ2n) is 3.04. The minimum absolute atomic E-state index is 0.283. The van der Waals surface area contributed by atoms with Crippen LogP contribution in [0.1, 0.15) is 12.5 Å². The van der Waals surface area contributed by atoms with Crippen LogP contribution in [0.25, 0.3) is 0 Å². The third-order valence-electron chi connectivity index (χ3n) is 1.81. The number of benzene rings is 1. The highest BCUT2D eigenvalue weighted by Gasteiger charge is 2.30. The molecule has 0 aliphatic carbocycles. The summed E-state index contributed by atoms with van der Waals surface area (Å²) < 4.78 is 39.5. The second-order valence-corrected chi connectivity index (χ2v) is 3.04. The molecule has 0 heterocycles. The van der Waals surface area contributed by atoms with E-state index in [1.807, 2.05) is 6.92 Å². The van der Waals surface area contributed by atoms with Gasteiger partial charge in [-0.2, -0.15) is 0 Å². The summed E-state index contributed by atoms with van der Waals surface area (Å²) in [6.45, 7) is 2.33. The molecule has 4 nitrogen and oxygen atoms in total. The fourth-order valence-corrected chi connectivity index (χ4v) is 1.19. The van der Waals surface area contributed by atoms with Crippen molar-refractivity contribution in [1.82, 2.24) is 5.43 Å². The van der Waals surface area contributed by atoms with Gasteiger partial charge in [0.2, 0.25) is 0 Å². The summed E-state index contributed by atoms with van der Waals surface area (Å²) in [5.74, 6) is 5.36. The van der Waals surface area contributed by atoms with Crippen molar-refractivity contribution in [3.8, 4) is 5.75 Å². The molecule has 0 bridgehead atoms. The number of hydrazine groups is 1. The molecular weight excluding hydrogens is 235 g/mol. The van der Waals surface area contributed by atoms with Crippen LogP contribution in [-0.2, 0) is 0 Å². The zero-order chi connectivity index (χ0) is 12.9. The maximum absolute atomic E-state index is 11.9. The van der Waals surface area contributed by atoms with E-state index in [1.54, 1.807) is 0 Å². The number of hydrogen-bond donors (Lipinski definition) is 2. The van der Waals surface area contributed by atoms with Gasteiger partial charge < -0.3 is 10.2 Å². The van der Waals surface area contributed by atoms with Gasteiger partial charge in [-0.3, -0.25) is 4.99 Å². The SMILES string of the molecule is CCN=C(NN)c1ccc(OC(F)(F)F)cc1. The summed E-state index contributed by atoms with van der Waals surface area (Å²) in [5, 5.41) is 0. The zero-order valence-corrected chi connectivity index (χ0v) is 9.08. The number of amidine groups is 1. The Bertz CT molecular complexity index is 387. The Morgan fingerprint density at radius 3 is 2.35 bits per heavy atom. The van der Waals surface area contributed by atoms with Crippen LogP contribution in [0, 0.1) is 0 Å². The Morgan fingerprint density at radius 2 is 1.94 bits per heavy atom. The zero-order valence-electron chi connectivity index (χ0n) is 9.08. The van der Waals surface area contributed by atoms with Gasteiger partial charge in [0.1, 0.15) is 11.6 Å². The molecular formula is C10H12F3N3O. The number of nitrogens with one attached hydrogen (secondary N) is 1. The molecule has 3 N–H and O–H groups in total. The van der Waals surface area contributed by atoms with Crippen LogP contribution < -0.4 is 16.0 Å². The second kappa shape index (κ2) is 5.53. The van der Waals surface area contributed by atoms with E-state index in [4.69, 9.17) is 5.84 Å². The Morgan fingerprint density at radius 1 is 1.35 bits per heavy atom. The summed E-state index contributed by atoms with van der Waals surface area (Å²) >= 11 is 0. The molecule has 0 saturated carbocycles. The number of nitrogens with zero attached hydrogens (tertiary/aromatic N) is 1. The third kappa shape index (κ3) is 4.31. The molecule has 1 rings (SSSR count). The lowest BCUT2D eigenvalue weighted by atomic mass is 10.2. The van der Waals surface area contributed by atoms with Crippen LogP contribution in [0.2, 0.25) is 0 Å². The molecule has 94 valence electrons. The first-order valence-corrected chi connectivity index (χ1v) is 4.83. The van der Waals surface area contributed by atoms with Crippen molar-refractivity contribution in [2.75, 3.05) is 6.54 Å². The highest BCUT2D eigenvalue weighted by molar-refractivity contribution is 5.98. The van der Waals surface area contributed by atoms with Crippen LogP contribution in [0.4, 0.5) is 13.2 Å². The van der Waals surface area contributed by atoms with Crippen LogP contribution in [0.15, 0.2) is 29.3 Å². The first-order chi connectivity index (χ1) is 7.96. The van der Waals surface area contributed by atoms with Gasteiger partial charge in [0.05, 0.1) is 0 Å². The molecule has 0 saturated heterocycles. The summed E-state index contributed by atoms with van der Waals surface area (Å²) in [6, 6.07) is 5.28. The van der Waals surface area contributed by atoms with Crippen molar-refractivity contribution in [2.45, 2.75) is 13.3 Å². The number of nitrogens with two attached hydrogens (primary N) is 1. The monoisotopic (exact) mass is 247 g/mol. The number of hydrogen-bond acceptors (Lipinski definition) is 3. The van der Waals surface area contributed by atoms with Gasteiger partial charge in [-0.1, -0.05) is 0 Å². The third-order valence-corrected chi connectivity index (χ3v) is 1.81. The summed E-state index contributed by atoms with van der Waals surface area (Å²) in [6.07, 6.45) is -4.69. The molecule has 17 heavy (non-hydrogen) atoms. The van der Waals surface area contributed by atoms with E-state index in [9.17, 15) is 13.2 Å². The van der Waals surface area contributed by atoms with E-state index in [-0.39, 0.29) is 5.75 Å². The van der Waals surface area contributed by atoms with Crippen molar-refractivity contribution in [3.63, 3.8) is 0 Å². The van der Waals surface area contributed by atoms with E-state index in [0.717, 1.165) is 0 Å². The van der Waals surface area contributed by atoms with Crippen molar-refractivity contribution in [2.24, 2.45) is 10.8 Å². The molecule has 7 heteroatoms. The molecule has 1 aromatic rings. The maximum Gasteiger partial charge on any atom is 0.573 e. The summed E-state index contributed by atoms with van der Waals surface area (Å²) in [5.41, 5.74) is 2.96. The Kier molecular flexibility index (Phi) is 4.33. The van der Waals surface area contributed by atoms with Gasteiger partial charge in [0.25, 0.3) is 0 Å². The van der Waals surface area contributed by atoms with Crippen LogP contribution in [0.5, 0.6) is 5.75 Å². The number of halogens is 3. The molecule has 0 aliphatic rings. The topological polar surface area (TPSA) is 59.6 Å². The average molecular weight is 247 g/mol. The van der Waals surface area contributed by atoms with Crippen molar-refractivity contribution >= 4 is 5.84 Å². The number of alkyl halides is 3. The van der Waals surface area contributed by atoms with Crippen LogP contribution >= 0.6 is 0 Å². The van der Waals surface area contributed by atoms with Crippen molar-refractivity contribution in [1.29, 1.82) is 0 Å². The fraction of sp³-hybridized carbons (Fsp3) is 0.300. The van der Waals surface area contributed by atoms with E-state index >= 15 is 0 Å². The fourth-order valence-electron chi connectivity index (χ4n) is 1.19. The van der Waals surface area contributed by atoms with E-state index in [0.29, 0.717) is 17.9 Å². The first-order valence-electron chi connectivity index (χ1n) is 4.83. The molecule has 0 amide bonds. The standard InChI is InChI=1S/C10H12F3N3O/c1-2-15-9(16-14)7-3-5-8(6-4-7)17-10(11,12)13/h3-6H,2,14H2,1H3,(H,15,16). The van der Waals surface area contributed by atoms with Gasteiger partial charge in [0, 0.05) is 12.1 Å². The predicted molar refractivity (Wildman–Crippen MR) is 57.5 cm³/mol. The van der Waals surface area contributed by atoms with Crippen LogP contribution in [-0.4, -0.2) is 18.7 Å². The Balaban J connectivity index is 2.84. The summed E-state index contributed by atoms with van der Waals surface area (Å²) in [7, 11) is 0. The van der Waals surface area contributed by atoms with Crippen molar-refractivity contribution in [3.05, 3.63) is 29.8 Å². The molecule has 0 atom stereocenters. The molecule has 1 aromatic carbocycles. The molecule has 0 aliphatic heterocycles. The lowest BCUT2D eigenvalue weighted by Crippen LogP contribution is -2.31. The van der Waals surface area contributed by atoms with Gasteiger partial charge in [-0.15, -0.1) is 13.2 Å². The van der Waals surface area contributed by atoms with E-state index < -0.39 is 6.36 Å². The Hall–Kier alpha value is -1.76. The van der Waals surface area contributed by atoms with Gasteiger partial charge in [-0.25, -0.2) is 5.84 Å². The molecule has 0 spiro atoms. The molecule has 0 radical (unpaired) electrons. The predicted octanol–water partition coefficient (Wildman–Crippen LogP) is 1.82. The van der Waals surface area contributed by atoms with E-state index in [1.165, 1.54) is 24.3 Å². The van der Waals surface area contributed by atoms with Gasteiger partial charge >= 0.3 is 6.36 Å². The molecule has 0 aromatic heterocycles. The Labute approximate surface area is 96.3 Å². The number of ether oxygens (including phenoxy) is 1. The molecule has 0 unspecified atom stereocenters. The lowest BCUT2D eigenvalue weighted by Gasteiger charge is -2.10. The number of aliphatic imine (C=N–C) groups is 1. The lowest BCUT2D eigenvalue weighted by molar-refractivity contribution is -0.274. The van der Waals surface area contributed by atoms with Crippen LogP contribution in [0.3, 0.4) is 0 Å². The normalized spacial score (nSPS) is 12.4. The minimum atomic E-state index is -4.69. The van der Waals surface area contributed by atoms with Crippen molar-refractivity contribution < 1.29 is 17.9 Å². The summed E-state index contributed by atoms with van der Waals surface area (Å²) in [4.78, 5) is 4.03. The first kappa shape index (κ1) is 13.3. The van der Waals surface area contributed by atoms with E-state index in [2.05, 4.69) is 15.2 Å². The molecule has 0 fully saturated rings.